The first kappa shape index (κ1) is 17.5. The second kappa shape index (κ2) is 8.17. The molecule has 0 aliphatic carbocycles. The molecule has 1 aliphatic rings. The third-order valence-electron chi connectivity index (χ3n) is 4.75. The van der Waals surface area contributed by atoms with E-state index in [2.05, 4.69) is 12.1 Å². The van der Waals surface area contributed by atoms with Crippen LogP contribution in [0.15, 0.2) is 60.7 Å². The molecule has 25 heavy (non-hydrogen) atoms. The van der Waals surface area contributed by atoms with Crippen molar-refractivity contribution in [2.24, 2.45) is 0 Å². The highest BCUT2D eigenvalue weighted by atomic mass is 16.6. The fraction of sp³-hybridized carbons (Fsp3) is 0.381. The van der Waals surface area contributed by atoms with Gasteiger partial charge in [-0.2, -0.15) is 0 Å². The van der Waals surface area contributed by atoms with E-state index < -0.39 is 0 Å². The van der Waals surface area contributed by atoms with Crippen molar-refractivity contribution in [1.82, 2.24) is 4.90 Å². The summed E-state index contributed by atoms with van der Waals surface area (Å²) in [4.78, 5) is 14.3. The van der Waals surface area contributed by atoms with Crippen molar-refractivity contribution in [3.8, 4) is 0 Å². The number of nitrogens with zero attached hydrogens (tertiary/aromatic N) is 1. The van der Waals surface area contributed by atoms with E-state index in [9.17, 15) is 4.79 Å². The van der Waals surface area contributed by atoms with E-state index in [4.69, 9.17) is 9.47 Å². The lowest BCUT2D eigenvalue weighted by Gasteiger charge is -2.26. The van der Waals surface area contributed by atoms with Gasteiger partial charge < -0.3 is 14.4 Å². The van der Waals surface area contributed by atoms with E-state index in [0.29, 0.717) is 13.2 Å². The van der Waals surface area contributed by atoms with Crippen LogP contribution in [-0.4, -0.2) is 29.2 Å². The zero-order valence-corrected chi connectivity index (χ0v) is 14.8. The van der Waals surface area contributed by atoms with Crippen LogP contribution < -0.4 is 0 Å². The summed E-state index contributed by atoms with van der Waals surface area (Å²) in [7, 11) is 0. The van der Waals surface area contributed by atoms with Gasteiger partial charge in [0.1, 0.15) is 6.61 Å². The normalized spacial score (nSPS) is 22.8. The molecule has 4 nitrogen and oxygen atoms in total. The van der Waals surface area contributed by atoms with Crippen molar-refractivity contribution in [3.05, 3.63) is 71.8 Å². The largest absolute Gasteiger partial charge is 0.445 e. The van der Waals surface area contributed by atoms with E-state index in [1.165, 1.54) is 0 Å². The average Bonchev–Trinajstić information content (AvgIpc) is 2.93. The molecular weight excluding hydrogens is 314 g/mol. The lowest BCUT2D eigenvalue weighted by Crippen LogP contribution is -2.41. The average molecular weight is 339 g/mol. The predicted molar refractivity (Wildman–Crippen MR) is 97.0 cm³/mol. The van der Waals surface area contributed by atoms with Crippen LogP contribution in [0.2, 0.25) is 0 Å². The summed E-state index contributed by atoms with van der Waals surface area (Å²) in [6, 6.07) is 20.0. The number of rotatable bonds is 5. The molecule has 132 valence electrons. The Morgan fingerprint density at radius 1 is 0.960 bits per heavy atom. The van der Waals surface area contributed by atoms with E-state index >= 15 is 0 Å². The van der Waals surface area contributed by atoms with Crippen LogP contribution in [0.25, 0.3) is 0 Å². The zero-order valence-electron chi connectivity index (χ0n) is 14.8. The summed E-state index contributed by atoms with van der Waals surface area (Å²) in [6.07, 6.45) is 0.586. The van der Waals surface area contributed by atoms with Crippen molar-refractivity contribution in [1.29, 1.82) is 0 Å². The molecule has 1 saturated heterocycles. The molecule has 3 rings (SSSR count). The van der Waals surface area contributed by atoms with Gasteiger partial charge in [0.05, 0.1) is 18.8 Å². The lowest BCUT2D eigenvalue weighted by atomic mass is 10.1. The van der Waals surface area contributed by atoms with Crippen LogP contribution in [0.3, 0.4) is 0 Å². The molecule has 3 atom stereocenters. The Hall–Kier alpha value is -2.33. The Balaban J connectivity index is 1.54. The van der Waals surface area contributed by atoms with Crippen molar-refractivity contribution in [2.75, 3.05) is 0 Å². The van der Waals surface area contributed by atoms with Gasteiger partial charge in [-0.05, 0) is 31.4 Å². The number of amides is 1. The summed E-state index contributed by atoms with van der Waals surface area (Å²) >= 11 is 0. The highest BCUT2D eigenvalue weighted by molar-refractivity contribution is 5.69. The molecule has 0 N–H and O–H groups in total. The first-order valence-corrected chi connectivity index (χ1v) is 8.79. The number of likely N-dealkylation sites (tertiary alicyclic amines) is 1. The van der Waals surface area contributed by atoms with Gasteiger partial charge in [-0.1, -0.05) is 60.7 Å². The van der Waals surface area contributed by atoms with Crippen molar-refractivity contribution >= 4 is 6.09 Å². The molecule has 0 aromatic heterocycles. The van der Waals surface area contributed by atoms with Gasteiger partial charge in [0, 0.05) is 6.04 Å². The van der Waals surface area contributed by atoms with E-state index in [1.54, 1.807) is 4.90 Å². The number of benzene rings is 2. The first-order valence-electron chi connectivity index (χ1n) is 8.79. The van der Waals surface area contributed by atoms with Gasteiger partial charge in [0.15, 0.2) is 0 Å². The third kappa shape index (κ3) is 4.40. The smallest absolute Gasteiger partial charge is 0.410 e. The second-order valence-electron chi connectivity index (χ2n) is 6.61. The molecule has 1 amide bonds. The minimum atomic E-state index is -0.269. The third-order valence-corrected chi connectivity index (χ3v) is 4.75. The SMILES string of the molecule is CC1C(OCc2ccccc2)C[C@@H](C)N1C(=O)OCc1ccccc1. The zero-order chi connectivity index (χ0) is 17.6. The maximum absolute atomic E-state index is 12.5. The molecule has 0 radical (unpaired) electrons. The summed E-state index contributed by atoms with van der Waals surface area (Å²) in [5.74, 6) is 0. The van der Waals surface area contributed by atoms with Gasteiger partial charge in [-0.15, -0.1) is 0 Å². The predicted octanol–water partition coefficient (Wildman–Crippen LogP) is 4.39. The minimum Gasteiger partial charge on any atom is -0.445 e. The molecule has 2 unspecified atom stereocenters. The number of carbonyl (C=O) groups is 1. The molecule has 1 fully saturated rings. The van der Waals surface area contributed by atoms with Crippen LogP contribution in [-0.2, 0) is 22.7 Å². The van der Waals surface area contributed by atoms with Crippen LogP contribution in [0, 0.1) is 0 Å². The van der Waals surface area contributed by atoms with Crippen LogP contribution in [0.4, 0.5) is 4.79 Å². The van der Waals surface area contributed by atoms with Gasteiger partial charge >= 0.3 is 6.09 Å². The highest BCUT2D eigenvalue weighted by Crippen LogP contribution is 2.28. The Morgan fingerprint density at radius 2 is 1.52 bits per heavy atom. The Bertz CT molecular complexity index is 674. The molecule has 2 aromatic rings. The maximum Gasteiger partial charge on any atom is 0.410 e. The standard InChI is InChI=1S/C21H25NO3/c1-16-13-20(24-14-18-9-5-3-6-10-18)17(2)22(16)21(23)25-15-19-11-7-4-8-12-19/h3-12,16-17,20H,13-15H2,1-2H3/t16-,17?,20?/m1/s1. The quantitative estimate of drug-likeness (QED) is 0.811. The van der Waals surface area contributed by atoms with E-state index in [1.807, 2.05) is 62.4 Å². The number of hydrogen-bond donors (Lipinski definition) is 0. The second-order valence-corrected chi connectivity index (χ2v) is 6.61. The molecule has 0 spiro atoms. The number of hydrogen-bond acceptors (Lipinski definition) is 3. The van der Waals surface area contributed by atoms with Gasteiger partial charge in [-0.25, -0.2) is 4.79 Å². The molecule has 1 heterocycles. The number of carbonyl (C=O) groups excluding carboxylic acids is 1. The van der Waals surface area contributed by atoms with Gasteiger partial charge in [0.25, 0.3) is 0 Å². The topological polar surface area (TPSA) is 38.8 Å². The fourth-order valence-corrected chi connectivity index (χ4v) is 3.35. The van der Waals surface area contributed by atoms with Crippen molar-refractivity contribution in [3.63, 3.8) is 0 Å². The van der Waals surface area contributed by atoms with E-state index in [-0.39, 0.29) is 24.3 Å². The molecule has 2 aromatic carbocycles. The Morgan fingerprint density at radius 3 is 2.12 bits per heavy atom. The van der Waals surface area contributed by atoms with Crippen LogP contribution in [0.5, 0.6) is 0 Å². The molecular formula is C21H25NO3. The monoisotopic (exact) mass is 339 g/mol. The van der Waals surface area contributed by atoms with E-state index in [0.717, 1.165) is 17.5 Å². The minimum absolute atomic E-state index is 0.00184. The summed E-state index contributed by atoms with van der Waals surface area (Å²) in [6.45, 7) is 4.94. The van der Waals surface area contributed by atoms with Crippen LogP contribution in [0.1, 0.15) is 31.4 Å². The molecule has 1 aliphatic heterocycles. The van der Waals surface area contributed by atoms with Gasteiger partial charge in [0.2, 0.25) is 0 Å². The maximum atomic E-state index is 12.5. The summed E-state index contributed by atoms with van der Waals surface area (Å²) < 4.78 is 11.6. The summed E-state index contributed by atoms with van der Waals surface area (Å²) in [5.41, 5.74) is 2.14. The molecule has 0 saturated carbocycles. The number of ether oxygens (including phenoxy) is 2. The lowest BCUT2D eigenvalue weighted by molar-refractivity contribution is 0.0172. The van der Waals surface area contributed by atoms with Crippen LogP contribution >= 0.6 is 0 Å². The van der Waals surface area contributed by atoms with Crippen molar-refractivity contribution < 1.29 is 14.3 Å². The molecule has 4 heteroatoms. The van der Waals surface area contributed by atoms with Crippen molar-refractivity contribution in [2.45, 2.75) is 51.7 Å². The Kier molecular flexibility index (Phi) is 5.71. The summed E-state index contributed by atoms with van der Waals surface area (Å²) in [5, 5.41) is 0. The Labute approximate surface area is 149 Å². The van der Waals surface area contributed by atoms with Gasteiger partial charge in [-0.3, -0.25) is 0 Å². The first-order chi connectivity index (χ1) is 12.1. The highest BCUT2D eigenvalue weighted by Gasteiger charge is 2.40. The molecule has 0 bridgehead atoms. The fourth-order valence-electron chi connectivity index (χ4n) is 3.35.